The van der Waals surface area contributed by atoms with E-state index < -0.39 is 6.10 Å². The van der Waals surface area contributed by atoms with Crippen LogP contribution in [0.4, 0.5) is 5.69 Å². The number of rotatable bonds is 11. The molecule has 6 heteroatoms. The first-order valence-electron chi connectivity index (χ1n) is 9.99. The molecule has 0 heterocycles. The summed E-state index contributed by atoms with van der Waals surface area (Å²) in [5.74, 6) is 1.10. The first-order valence-corrected chi connectivity index (χ1v) is 9.99. The Balaban J connectivity index is 1.78. The molecule has 2 aromatic rings. The maximum Gasteiger partial charge on any atom is 0.280 e. The van der Waals surface area contributed by atoms with Gasteiger partial charge in [0.05, 0.1) is 12.8 Å². The van der Waals surface area contributed by atoms with E-state index >= 15 is 0 Å². The van der Waals surface area contributed by atoms with Gasteiger partial charge in [-0.3, -0.25) is 4.79 Å². The SMILES string of the molecule is CCCCCOc1ccc(O[C@H](C)C(=O)N/N=C\c2ccc(N(C)C)cc2)cc1. The smallest absolute Gasteiger partial charge is 0.280 e. The molecular formula is C23H31N3O3. The first kappa shape index (κ1) is 22.3. The molecule has 0 bridgehead atoms. The van der Waals surface area contributed by atoms with Crippen molar-refractivity contribution in [1.82, 2.24) is 5.43 Å². The summed E-state index contributed by atoms with van der Waals surface area (Å²) in [6.07, 6.45) is 4.32. The second-order valence-electron chi connectivity index (χ2n) is 7.01. The molecule has 0 aliphatic carbocycles. The van der Waals surface area contributed by atoms with Crippen molar-refractivity contribution < 1.29 is 14.3 Å². The molecule has 1 amide bonds. The molecule has 0 unspecified atom stereocenters. The van der Waals surface area contributed by atoms with Gasteiger partial charge >= 0.3 is 0 Å². The molecule has 0 saturated heterocycles. The number of nitrogens with zero attached hydrogens (tertiary/aromatic N) is 2. The van der Waals surface area contributed by atoms with Gasteiger partial charge in [-0.05, 0) is 55.3 Å². The summed E-state index contributed by atoms with van der Waals surface area (Å²) in [4.78, 5) is 14.2. The monoisotopic (exact) mass is 397 g/mol. The van der Waals surface area contributed by atoms with Crippen molar-refractivity contribution in [2.24, 2.45) is 5.10 Å². The maximum absolute atomic E-state index is 12.2. The van der Waals surface area contributed by atoms with Gasteiger partial charge in [-0.1, -0.05) is 31.9 Å². The Kier molecular flexibility index (Phi) is 9.02. The molecule has 0 spiro atoms. The van der Waals surface area contributed by atoms with E-state index in [-0.39, 0.29) is 5.91 Å². The number of hydrogen-bond acceptors (Lipinski definition) is 5. The summed E-state index contributed by atoms with van der Waals surface area (Å²) in [5, 5.41) is 4.00. The molecule has 1 atom stereocenters. The number of benzene rings is 2. The van der Waals surface area contributed by atoms with Gasteiger partial charge in [-0.2, -0.15) is 5.10 Å². The lowest BCUT2D eigenvalue weighted by atomic mass is 10.2. The number of hydrazone groups is 1. The molecule has 0 aliphatic rings. The zero-order valence-corrected chi connectivity index (χ0v) is 17.7. The normalized spacial score (nSPS) is 11.9. The summed E-state index contributed by atoms with van der Waals surface area (Å²) in [7, 11) is 3.97. The van der Waals surface area contributed by atoms with E-state index in [0.29, 0.717) is 12.4 Å². The molecular weight excluding hydrogens is 366 g/mol. The van der Waals surface area contributed by atoms with E-state index in [1.165, 1.54) is 6.42 Å². The average Bonchev–Trinajstić information content (AvgIpc) is 2.72. The number of unbranched alkanes of at least 4 members (excludes halogenated alkanes) is 2. The number of hydrogen-bond donors (Lipinski definition) is 1. The lowest BCUT2D eigenvalue weighted by molar-refractivity contribution is -0.127. The minimum Gasteiger partial charge on any atom is -0.494 e. The van der Waals surface area contributed by atoms with Crippen molar-refractivity contribution in [1.29, 1.82) is 0 Å². The lowest BCUT2D eigenvalue weighted by Crippen LogP contribution is -2.33. The van der Waals surface area contributed by atoms with E-state index in [0.717, 1.165) is 29.8 Å². The predicted molar refractivity (Wildman–Crippen MR) is 118 cm³/mol. The van der Waals surface area contributed by atoms with E-state index in [1.54, 1.807) is 25.3 Å². The Morgan fingerprint density at radius 1 is 1.07 bits per heavy atom. The molecule has 2 rings (SSSR count). The van der Waals surface area contributed by atoms with Crippen LogP contribution in [0.25, 0.3) is 0 Å². The molecule has 2 aromatic carbocycles. The average molecular weight is 398 g/mol. The predicted octanol–water partition coefficient (Wildman–Crippen LogP) is 4.24. The topological polar surface area (TPSA) is 63.2 Å². The summed E-state index contributed by atoms with van der Waals surface area (Å²) < 4.78 is 11.3. The van der Waals surface area contributed by atoms with Crippen LogP contribution in [0.15, 0.2) is 53.6 Å². The van der Waals surface area contributed by atoms with Gasteiger partial charge in [-0.15, -0.1) is 0 Å². The van der Waals surface area contributed by atoms with Gasteiger partial charge in [0, 0.05) is 19.8 Å². The van der Waals surface area contributed by atoms with Gasteiger partial charge in [-0.25, -0.2) is 5.43 Å². The second-order valence-corrected chi connectivity index (χ2v) is 7.01. The van der Waals surface area contributed by atoms with Crippen molar-refractivity contribution in [2.75, 3.05) is 25.6 Å². The molecule has 29 heavy (non-hydrogen) atoms. The van der Waals surface area contributed by atoms with E-state index in [4.69, 9.17) is 9.47 Å². The number of carbonyl (C=O) groups is 1. The van der Waals surface area contributed by atoms with Crippen LogP contribution in [0.3, 0.4) is 0 Å². The summed E-state index contributed by atoms with van der Waals surface area (Å²) in [5.41, 5.74) is 4.51. The Morgan fingerprint density at radius 2 is 1.72 bits per heavy atom. The van der Waals surface area contributed by atoms with Gasteiger partial charge in [0.2, 0.25) is 0 Å². The van der Waals surface area contributed by atoms with Crippen LogP contribution in [0, 0.1) is 0 Å². The molecule has 0 aliphatic heterocycles. The standard InChI is InChI=1S/C23H31N3O3/c1-5-6-7-16-28-21-12-14-22(15-13-21)29-18(2)23(27)25-24-17-19-8-10-20(11-9-19)26(3)4/h8-15,17-18H,5-7,16H2,1-4H3,(H,25,27)/b24-17-/t18-/m1/s1. The second kappa shape index (κ2) is 11.7. The van der Waals surface area contributed by atoms with Gasteiger partial charge in [0.25, 0.3) is 5.91 Å². The summed E-state index contributed by atoms with van der Waals surface area (Å²) in [6.45, 7) is 4.56. The van der Waals surface area contributed by atoms with E-state index in [2.05, 4.69) is 17.5 Å². The molecule has 0 saturated carbocycles. The fourth-order valence-corrected chi connectivity index (χ4v) is 2.53. The number of ether oxygens (including phenoxy) is 2. The molecule has 0 fully saturated rings. The number of anilines is 1. The Labute approximate surface area is 173 Å². The van der Waals surface area contributed by atoms with Crippen LogP contribution < -0.4 is 19.8 Å². The number of carbonyl (C=O) groups excluding carboxylic acids is 1. The number of amides is 1. The van der Waals surface area contributed by atoms with Crippen LogP contribution in [-0.4, -0.2) is 38.9 Å². The van der Waals surface area contributed by atoms with Crippen LogP contribution in [0.5, 0.6) is 11.5 Å². The summed E-state index contributed by atoms with van der Waals surface area (Å²) >= 11 is 0. The largest absolute Gasteiger partial charge is 0.494 e. The third-order valence-electron chi connectivity index (χ3n) is 4.32. The first-order chi connectivity index (χ1) is 14.0. The Bertz CT molecular complexity index is 771. The van der Waals surface area contributed by atoms with Gasteiger partial charge in [0.1, 0.15) is 11.5 Å². The van der Waals surface area contributed by atoms with Crippen LogP contribution in [0.2, 0.25) is 0 Å². The Morgan fingerprint density at radius 3 is 2.34 bits per heavy atom. The highest BCUT2D eigenvalue weighted by atomic mass is 16.5. The van der Waals surface area contributed by atoms with Crippen molar-refractivity contribution in [3.63, 3.8) is 0 Å². The molecule has 0 radical (unpaired) electrons. The van der Waals surface area contributed by atoms with E-state index in [1.807, 2.05) is 55.4 Å². The highest BCUT2D eigenvalue weighted by Crippen LogP contribution is 2.19. The highest BCUT2D eigenvalue weighted by molar-refractivity contribution is 5.84. The van der Waals surface area contributed by atoms with Crippen molar-refractivity contribution in [3.8, 4) is 11.5 Å². The van der Waals surface area contributed by atoms with E-state index in [9.17, 15) is 4.79 Å². The fraction of sp³-hybridized carbons (Fsp3) is 0.391. The van der Waals surface area contributed by atoms with Crippen LogP contribution in [0.1, 0.15) is 38.7 Å². The lowest BCUT2D eigenvalue weighted by Gasteiger charge is -2.13. The van der Waals surface area contributed by atoms with Crippen molar-refractivity contribution in [2.45, 2.75) is 39.2 Å². The number of nitrogens with one attached hydrogen (secondary N) is 1. The summed E-state index contributed by atoms with van der Waals surface area (Å²) in [6, 6.07) is 15.2. The third kappa shape index (κ3) is 7.86. The van der Waals surface area contributed by atoms with Crippen molar-refractivity contribution >= 4 is 17.8 Å². The molecule has 156 valence electrons. The van der Waals surface area contributed by atoms with Gasteiger partial charge < -0.3 is 14.4 Å². The van der Waals surface area contributed by atoms with Crippen LogP contribution in [-0.2, 0) is 4.79 Å². The molecule has 0 aromatic heterocycles. The third-order valence-corrected chi connectivity index (χ3v) is 4.32. The minimum atomic E-state index is -0.667. The zero-order chi connectivity index (χ0) is 21.1. The zero-order valence-electron chi connectivity index (χ0n) is 17.7. The Hall–Kier alpha value is -3.02. The van der Waals surface area contributed by atoms with Crippen LogP contribution >= 0.6 is 0 Å². The molecule has 1 N–H and O–H groups in total. The van der Waals surface area contributed by atoms with Gasteiger partial charge in [0.15, 0.2) is 6.10 Å². The van der Waals surface area contributed by atoms with Crippen molar-refractivity contribution in [3.05, 3.63) is 54.1 Å². The fourth-order valence-electron chi connectivity index (χ4n) is 2.53. The maximum atomic E-state index is 12.2. The quantitative estimate of drug-likeness (QED) is 0.350. The minimum absolute atomic E-state index is 0.314. The molecule has 6 nitrogen and oxygen atoms in total. The highest BCUT2D eigenvalue weighted by Gasteiger charge is 2.13.